The lowest BCUT2D eigenvalue weighted by Gasteiger charge is -2.57. The Hall–Kier alpha value is 0.371. The van der Waals surface area contributed by atoms with E-state index < -0.39 is 27.8 Å². The molecule has 108 valence electrons. The molecule has 0 aromatic rings. The van der Waals surface area contributed by atoms with E-state index in [0.29, 0.717) is 0 Å². The van der Waals surface area contributed by atoms with E-state index in [0.717, 1.165) is 0 Å². The zero-order chi connectivity index (χ0) is 14.1. The Morgan fingerprint density at radius 1 is 0.944 bits per heavy atom. The van der Waals surface area contributed by atoms with Gasteiger partial charge in [-0.15, -0.1) is 0 Å². The standard InChI is InChI=1S/C8H29N7Si3/c1-11(2)15-17(12(3)4)9-16-10-18(15,13(5)6)14(7)8/h9-10,17H,16H2,1-8H3. The maximum Gasteiger partial charge on any atom is 0.376 e. The fourth-order valence-electron chi connectivity index (χ4n) is 2.62. The van der Waals surface area contributed by atoms with Crippen molar-refractivity contribution in [3.8, 4) is 0 Å². The molecule has 0 amide bonds. The monoisotopic (exact) mass is 307 g/mol. The summed E-state index contributed by atoms with van der Waals surface area (Å²) < 4.78 is 17.4. The predicted molar refractivity (Wildman–Crippen MR) is 84.3 cm³/mol. The van der Waals surface area contributed by atoms with Gasteiger partial charge in [0.05, 0.1) is 0 Å². The van der Waals surface area contributed by atoms with Crippen molar-refractivity contribution in [3.63, 3.8) is 0 Å². The smallest absolute Gasteiger partial charge is 0.330 e. The summed E-state index contributed by atoms with van der Waals surface area (Å²) >= 11 is 0. The second-order valence-electron chi connectivity index (χ2n) is 5.51. The van der Waals surface area contributed by atoms with E-state index in [9.17, 15) is 0 Å². The molecule has 0 bridgehead atoms. The van der Waals surface area contributed by atoms with Crippen molar-refractivity contribution in [1.29, 1.82) is 0 Å². The summed E-state index contributed by atoms with van der Waals surface area (Å²) in [7, 11) is 13.8. The fraction of sp³-hybridized carbons (Fsp3) is 1.00. The van der Waals surface area contributed by atoms with Gasteiger partial charge in [-0.3, -0.25) is 14.1 Å². The molecule has 0 radical (unpaired) electrons. The van der Waals surface area contributed by atoms with Crippen LogP contribution in [0.3, 0.4) is 0 Å². The third-order valence-electron chi connectivity index (χ3n) is 3.33. The van der Waals surface area contributed by atoms with Gasteiger partial charge >= 0.3 is 8.72 Å². The van der Waals surface area contributed by atoms with E-state index >= 15 is 0 Å². The molecule has 0 aliphatic carbocycles. The third-order valence-corrected chi connectivity index (χ3v) is 15.5. The minimum Gasteiger partial charge on any atom is -0.330 e. The normalized spacial score (nSPS) is 27.0. The molecule has 1 heterocycles. The van der Waals surface area contributed by atoms with Crippen molar-refractivity contribution < 1.29 is 0 Å². The van der Waals surface area contributed by atoms with Crippen LogP contribution < -0.4 is 9.30 Å². The molecular formula is C8H29N7Si3. The molecule has 0 saturated carbocycles. The van der Waals surface area contributed by atoms with Crippen LogP contribution in [0.25, 0.3) is 0 Å². The molecule has 1 saturated heterocycles. The summed E-state index contributed by atoms with van der Waals surface area (Å²) in [6.07, 6.45) is 0. The van der Waals surface area contributed by atoms with Crippen LogP contribution in [0, 0.1) is 0 Å². The Morgan fingerprint density at radius 2 is 1.44 bits per heavy atom. The molecule has 1 atom stereocenters. The second-order valence-corrected chi connectivity index (χ2v) is 15.2. The first kappa shape index (κ1) is 16.4. The van der Waals surface area contributed by atoms with Crippen LogP contribution in [-0.4, -0.2) is 107 Å². The second kappa shape index (κ2) is 6.21. The van der Waals surface area contributed by atoms with Gasteiger partial charge in [0.25, 0.3) is 9.28 Å². The van der Waals surface area contributed by atoms with E-state index in [2.05, 4.69) is 88.7 Å². The van der Waals surface area contributed by atoms with Crippen LogP contribution in [0.5, 0.6) is 0 Å². The Bertz CT molecular complexity index is 265. The molecule has 1 aliphatic rings. The van der Waals surface area contributed by atoms with E-state index in [1.165, 1.54) is 0 Å². The van der Waals surface area contributed by atoms with Crippen molar-refractivity contribution >= 4 is 27.8 Å². The zero-order valence-corrected chi connectivity index (χ0v) is 16.6. The van der Waals surface area contributed by atoms with E-state index in [1.807, 2.05) is 0 Å². The van der Waals surface area contributed by atoms with Gasteiger partial charge in [0.1, 0.15) is 0 Å². The van der Waals surface area contributed by atoms with E-state index in [4.69, 9.17) is 0 Å². The molecule has 2 N–H and O–H groups in total. The predicted octanol–water partition coefficient (Wildman–Crippen LogP) is -3.21. The summed E-state index contributed by atoms with van der Waals surface area (Å²) in [5.41, 5.74) is 0. The maximum absolute atomic E-state index is 3.86. The van der Waals surface area contributed by atoms with Crippen molar-refractivity contribution in [2.45, 2.75) is 0 Å². The SMILES string of the molecule is CN(C)N1[SiH](N(C)C)N[SiH2]N[Si]1(N(C)C)N(C)C. The van der Waals surface area contributed by atoms with Gasteiger partial charge in [0, 0.05) is 14.1 Å². The van der Waals surface area contributed by atoms with Gasteiger partial charge in [-0.25, -0.2) is 4.34 Å². The molecule has 1 fully saturated rings. The molecule has 18 heavy (non-hydrogen) atoms. The first-order valence-corrected chi connectivity index (χ1v) is 11.1. The lowest BCUT2D eigenvalue weighted by atomic mass is 11.2. The molecule has 10 heteroatoms. The van der Waals surface area contributed by atoms with Crippen molar-refractivity contribution in [2.24, 2.45) is 0 Å². The topological polar surface area (TPSA) is 40.3 Å². The van der Waals surface area contributed by atoms with Gasteiger partial charge in [-0.2, -0.15) is 0 Å². The number of hydrogen-bond donors (Lipinski definition) is 2. The average Bonchev–Trinajstić information content (AvgIpc) is 2.26. The summed E-state index contributed by atoms with van der Waals surface area (Å²) in [4.78, 5) is 0. The fourth-order valence-corrected chi connectivity index (χ4v) is 19.1. The Labute approximate surface area is 117 Å². The van der Waals surface area contributed by atoms with Crippen LogP contribution in [0.4, 0.5) is 0 Å². The quantitative estimate of drug-likeness (QED) is 0.530. The highest BCUT2D eigenvalue weighted by Crippen LogP contribution is 2.17. The van der Waals surface area contributed by atoms with E-state index in [1.54, 1.807) is 0 Å². The average molecular weight is 308 g/mol. The lowest BCUT2D eigenvalue weighted by molar-refractivity contribution is 0.150. The molecule has 0 spiro atoms. The summed E-state index contributed by atoms with van der Waals surface area (Å²) in [6.45, 7) is 0. The van der Waals surface area contributed by atoms with Crippen molar-refractivity contribution in [1.82, 2.24) is 32.3 Å². The number of hydrogen-bond acceptors (Lipinski definition) is 7. The number of rotatable bonds is 4. The number of hydrazine groups is 1. The lowest BCUT2D eigenvalue weighted by Crippen LogP contribution is -2.92. The molecule has 1 rings (SSSR count). The molecular weight excluding hydrogens is 278 g/mol. The van der Waals surface area contributed by atoms with E-state index in [-0.39, 0.29) is 0 Å². The molecule has 1 aliphatic heterocycles. The Kier molecular flexibility index (Phi) is 5.67. The zero-order valence-electron chi connectivity index (χ0n) is 13.0. The highest BCUT2D eigenvalue weighted by atomic mass is 28.5. The van der Waals surface area contributed by atoms with Gasteiger partial charge in [0.2, 0.25) is 0 Å². The van der Waals surface area contributed by atoms with Gasteiger partial charge in [-0.1, -0.05) is 0 Å². The first-order valence-electron chi connectivity index (χ1n) is 6.21. The summed E-state index contributed by atoms with van der Waals surface area (Å²) in [5, 5.41) is 2.26. The summed E-state index contributed by atoms with van der Waals surface area (Å²) in [6, 6.07) is 0. The van der Waals surface area contributed by atoms with Crippen molar-refractivity contribution in [3.05, 3.63) is 0 Å². The number of nitrogens with one attached hydrogen (secondary N) is 2. The highest BCUT2D eigenvalue weighted by Gasteiger charge is 2.54. The van der Waals surface area contributed by atoms with Crippen LogP contribution in [0.1, 0.15) is 0 Å². The van der Waals surface area contributed by atoms with Crippen molar-refractivity contribution in [2.75, 3.05) is 56.4 Å². The Balaban J connectivity index is 3.20. The highest BCUT2D eigenvalue weighted by molar-refractivity contribution is 6.87. The van der Waals surface area contributed by atoms with Gasteiger partial charge in [0.15, 0.2) is 9.84 Å². The first-order chi connectivity index (χ1) is 8.25. The van der Waals surface area contributed by atoms with Crippen LogP contribution in [-0.2, 0) is 0 Å². The van der Waals surface area contributed by atoms with Gasteiger partial charge < -0.3 is 13.9 Å². The molecule has 7 nitrogen and oxygen atoms in total. The van der Waals surface area contributed by atoms with Crippen LogP contribution >= 0.6 is 0 Å². The van der Waals surface area contributed by atoms with Crippen LogP contribution in [0.15, 0.2) is 0 Å². The molecule has 0 aromatic carbocycles. The number of nitrogens with zero attached hydrogens (tertiary/aromatic N) is 5. The van der Waals surface area contributed by atoms with Crippen LogP contribution in [0.2, 0.25) is 0 Å². The molecule has 1 unspecified atom stereocenters. The summed E-state index contributed by atoms with van der Waals surface area (Å²) in [5.74, 6) is 0. The van der Waals surface area contributed by atoms with Gasteiger partial charge in [-0.05, 0) is 42.3 Å². The third kappa shape index (κ3) is 2.77. The maximum atomic E-state index is 3.86. The largest absolute Gasteiger partial charge is 0.376 e. The molecule has 0 aromatic heterocycles. The Morgan fingerprint density at radius 3 is 1.78 bits per heavy atom. The minimum atomic E-state index is -1.96. The minimum absolute atomic E-state index is 0.405.